The number of aryl methyl sites for hydroxylation is 1. The molecule has 0 aliphatic heterocycles. The number of nitrogens with zero attached hydrogens (tertiary/aromatic N) is 3. The number of rotatable bonds is 7. The van der Waals surface area contributed by atoms with Gasteiger partial charge in [-0.05, 0) is 31.5 Å². The molecule has 0 atom stereocenters. The monoisotopic (exact) mass is 321 g/mol. The van der Waals surface area contributed by atoms with Crippen LogP contribution in [0.3, 0.4) is 0 Å². The summed E-state index contributed by atoms with van der Waals surface area (Å²) in [5, 5.41) is 6.26. The van der Waals surface area contributed by atoms with Gasteiger partial charge in [-0.1, -0.05) is 0 Å². The molecule has 1 aromatic carbocycles. The lowest BCUT2D eigenvalue weighted by atomic mass is 10.2. The van der Waals surface area contributed by atoms with Crippen molar-refractivity contribution in [2.24, 2.45) is 4.99 Å². The Bertz CT molecular complexity index is 625. The van der Waals surface area contributed by atoms with Gasteiger partial charge in [0.25, 0.3) is 0 Å². The summed E-state index contributed by atoms with van der Waals surface area (Å²) in [6, 6.07) is 3.38. The van der Waals surface area contributed by atoms with E-state index in [0.717, 1.165) is 31.6 Å². The Morgan fingerprint density at radius 3 is 2.91 bits per heavy atom. The second kappa shape index (κ2) is 8.87. The SMILES string of the molecule is CCNC(=NCc1cc(F)ccc1F)NCCCn1ccnc1. The topological polar surface area (TPSA) is 54.2 Å². The largest absolute Gasteiger partial charge is 0.357 e. The summed E-state index contributed by atoms with van der Waals surface area (Å²) >= 11 is 0. The third kappa shape index (κ3) is 5.69. The van der Waals surface area contributed by atoms with E-state index >= 15 is 0 Å². The molecule has 23 heavy (non-hydrogen) atoms. The van der Waals surface area contributed by atoms with Crippen molar-refractivity contribution >= 4 is 5.96 Å². The quantitative estimate of drug-likeness (QED) is 0.467. The van der Waals surface area contributed by atoms with Crippen molar-refractivity contribution in [1.82, 2.24) is 20.2 Å². The van der Waals surface area contributed by atoms with E-state index in [1.54, 1.807) is 12.5 Å². The van der Waals surface area contributed by atoms with E-state index in [-0.39, 0.29) is 12.1 Å². The average molecular weight is 321 g/mol. The second-order valence-electron chi connectivity index (χ2n) is 5.01. The van der Waals surface area contributed by atoms with E-state index in [9.17, 15) is 8.78 Å². The Morgan fingerprint density at radius 2 is 2.17 bits per heavy atom. The molecule has 1 aromatic heterocycles. The van der Waals surface area contributed by atoms with Crippen LogP contribution in [0.25, 0.3) is 0 Å². The van der Waals surface area contributed by atoms with Crippen molar-refractivity contribution in [1.29, 1.82) is 0 Å². The normalized spacial score (nSPS) is 11.5. The summed E-state index contributed by atoms with van der Waals surface area (Å²) in [6.45, 7) is 4.30. The number of aromatic nitrogens is 2. The molecule has 0 bridgehead atoms. The highest BCUT2D eigenvalue weighted by Crippen LogP contribution is 2.10. The lowest BCUT2D eigenvalue weighted by Crippen LogP contribution is -2.38. The smallest absolute Gasteiger partial charge is 0.191 e. The van der Waals surface area contributed by atoms with Crippen LogP contribution in [0.1, 0.15) is 18.9 Å². The molecular formula is C16H21F2N5. The summed E-state index contributed by atoms with van der Waals surface area (Å²) < 4.78 is 28.7. The van der Waals surface area contributed by atoms with E-state index < -0.39 is 11.6 Å². The lowest BCUT2D eigenvalue weighted by Gasteiger charge is -2.11. The maximum absolute atomic E-state index is 13.6. The highest BCUT2D eigenvalue weighted by molar-refractivity contribution is 5.79. The predicted molar refractivity (Wildman–Crippen MR) is 86.0 cm³/mol. The van der Waals surface area contributed by atoms with Gasteiger partial charge in [0.05, 0.1) is 12.9 Å². The van der Waals surface area contributed by atoms with Crippen LogP contribution >= 0.6 is 0 Å². The van der Waals surface area contributed by atoms with Gasteiger partial charge in [-0.2, -0.15) is 0 Å². The van der Waals surface area contributed by atoms with Gasteiger partial charge in [-0.25, -0.2) is 18.8 Å². The number of halogens is 2. The van der Waals surface area contributed by atoms with Crippen LogP contribution in [0, 0.1) is 11.6 Å². The van der Waals surface area contributed by atoms with E-state index in [1.165, 1.54) is 6.07 Å². The Kier molecular flexibility index (Phi) is 6.53. The van der Waals surface area contributed by atoms with Crippen molar-refractivity contribution in [3.05, 3.63) is 54.1 Å². The van der Waals surface area contributed by atoms with Gasteiger partial charge in [0.1, 0.15) is 11.6 Å². The number of hydrogen-bond donors (Lipinski definition) is 2. The van der Waals surface area contributed by atoms with Crippen molar-refractivity contribution < 1.29 is 8.78 Å². The molecule has 0 radical (unpaired) electrons. The van der Waals surface area contributed by atoms with Crippen LogP contribution in [0.2, 0.25) is 0 Å². The van der Waals surface area contributed by atoms with Crippen molar-refractivity contribution in [3.63, 3.8) is 0 Å². The summed E-state index contributed by atoms with van der Waals surface area (Å²) in [4.78, 5) is 8.27. The van der Waals surface area contributed by atoms with Crippen LogP contribution < -0.4 is 10.6 Å². The van der Waals surface area contributed by atoms with E-state index in [1.807, 2.05) is 17.7 Å². The molecule has 0 unspecified atom stereocenters. The highest BCUT2D eigenvalue weighted by Gasteiger charge is 2.04. The van der Waals surface area contributed by atoms with Crippen LogP contribution in [0.5, 0.6) is 0 Å². The Morgan fingerprint density at radius 1 is 1.30 bits per heavy atom. The minimum absolute atomic E-state index is 0.0838. The first-order valence-electron chi connectivity index (χ1n) is 7.61. The van der Waals surface area contributed by atoms with Crippen molar-refractivity contribution in [3.8, 4) is 0 Å². The minimum atomic E-state index is -0.463. The van der Waals surface area contributed by atoms with Crippen molar-refractivity contribution in [2.45, 2.75) is 26.4 Å². The average Bonchev–Trinajstić information content (AvgIpc) is 3.05. The van der Waals surface area contributed by atoms with Crippen LogP contribution in [-0.4, -0.2) is 28.6 Å². The third-order valence-corrected chi connectivity index (χ3v) is 3.20. The Hall–Kier alpha value is -2.44. The van der Waals surface area contributed by atoms with Gasteiger partial charge >= 0.3 is 0 Å². The van der Waals surface area contributed by atoms with Crippen molar-refractivity contribution in [2.75, 3.05) is 13.1 Å². The summed E-state index contributed by atoms with van der Waals surface area (Å²) in [7, 11) is 0. The molecule has 7 heteroatoms. The van der Waals surface area contributed by atoms with Gasteiger partial charge in [-0.15, -0.1) is 0 Å². The maximum Gasteiger partial charge on any atom is 0.191 e. The lowest BCUT2D eigenvalue weighted by molar-refractivity contribution is 0.585. The molecule has 5 nitrogen and oxygen atoms in total. The zero-order chi connectivity index (χ0) is 16.5. The molecule has 2 rings (SSSR count). The molecule has 0 saturated carbocycles. The molecule has 2 aromatic rings. The van der Waals surface area contributed by atoms with Gasteiger partial charge < -0.3 is 15.2 Å². The molecule has 1 heterocycles. The number of imidazole rings is 1. The fourth-order valence-corrected chi connectivity index (χ4v) is 2.06. The number of guanidine groups is 1. The maximum atomic E-state index is 13.6. The molecule has 124 valence electrons. The molecule has 0 spiro atoms. The fraction of sp³-hybridized carbons (Fsp3) is 0.375. The number of hydrogen-bond acceptors (Lipinski definition) is 2. The predicted octanol–water partition coefficient (Wildman–Crippen LogP) is 2.31. The minimum Gasteiger partial charge on any atom is -0.357 e. The molecule has 0 aliphatic rings. The molecule has 2 N–H and O–H groups in total. The van der Waals surface area contributed by atoms with Gasteiger partial charge in [-0.3, -0.25) is 0 Å². The first-order chi connectivity index (χ1) is 11.2. The summed E-state index contributed by atoms with van der Waals surface area (Å²) in [5.41, 5.74) is 0.237. The molecular weight excluding hydrogens is 300 g/mol. The van der Waals surface area contributed by atoms with Crippen LogP contribution in [0.4, 0.5) is 8.78 Å². The van der Waals surface area contributed by atoms with Crippen LogP contribution in [-0.2, 0) is 13.1 Å². The molecule has 0 saturated heterocycles. The standard InChI is InChI=1S/C16H21F2N5/c1-2-20-16(21-6-3-8-23-9-7-19-12-23)22-11-13-10-14(17)4-5-15(13)18/h4-5,7,9-10,12H,2-3,6,8,11H2,1H3,(H2,20,21,22). The molecule has 0 amide bonds. The van der Waals surface area contributed by atoms with Gasteiger partial charge in [0.2, 0.25) is 0 Å². The zero-order valence-corrected chi connectivity index (χ0v) is 13.1. The first kappa shape index (κ1) is 16.9. The van der Waals surface area contributed by atoms with Gasteiger partial charge in [0.15, 0.2) is 5.96 Å². The van der Waals surface area contributed by atoms with Crippen LogP contribution in [0.15, 0.2) is 41.9 Å². The molecule has 0 aliphatic carbocycles. The fourth-order valence-electron chi connectivity index (χ4n) is 2.06. The summed E-state index contributed by atoms with van der Waals surface area (Å²) in [5.74, 6) is -0.331. The van der Waals surface area contributed by atoms with E-state index in [2.05, 4.69) is 20.6 Å². The highest BCUT2D eigenvalue weighted by atomic mass is 19.1. The first-order valence-corrected chi connectivity index (χ1v) is 7.61. The summed E-state index contributed by atoms with van der Waals surface area (Å²) in [6.07, 6.45) is 6.32. The zero-order valence-electron chi connectivity index (χ0n) is 13.1. The third-order valence-electron chi connectivity index (χ3n) is 3.20. The molecule has 0 fully saturated rings. The van der Waals surface area contributed by atoms with Gasteiger partial charge in [0, 0.05) is 37.6 Å². The number of aliphatic imine (C=N–C) groups is 1. The second-order valence-corrected chi connectivity index (χ2v) is 5.01. The van der Waals surface area contributed by atoms with E-state index in [0.29, 0.717) is 12.5 Å². The Labute approximate surface area is 134 Å². The number of nitrogens with one attached hydrogen (secondary N) is 2. The number of benzene rings is 1. The Balaban J connectivity index is 1.85. The van der Waals surface area contributed by atoms with E-state index in [4.69, 9.17) is 0 Å².